The predicted octanol–water partition coefficient (Wildman–Crippen LogP) is 0.891. The minimum atomic E-state index is -3.11. The number of nitrogens with zero attached hydrogens (tertiary/aromatic N) is 1. The molecular formula is C16H21NO6S. The highest BCUT2D eigenvalue weighted by Crippen LogP contribution is 2.21. The summed E-state index contributed by atoms with van der Waals surface area (Å²) in [6, 6.07) is 4.10. The zero-order valence-electron chi connectivity index (χ0n) is 13.9. The summed E-state index contributed by atoms with van der Waals surface area (Å²) in [6.07, 6.45) is -0.699. The van der Waals surface area contributed by atoms with Crippen molar-refractivity contribution in [2.45, 2.75) is 32.4 Å². The van der Waals surface area contributed by atoms with Gasteiger partial charge in [0.1, 0.15) is 11.3 Å². The van der Waals surface area contributed by atoms with Gasteiger partial charge in [-0.25, -0.2) is 13.2 Å². The maximum absolute atomic E-state index is 12.4. The Bertz CT molecular complexity index is 758. The third-order valence-corrected chi connectivity index (χ3v) is 5.86. The lowest BCUT2D eigenvalue weighted by Crippen LogP contribution is -2.44. The topological polar surface area (TPSA) is 101 Å². The van der Waals surface area contributed by atoms with Crippen LogP contribution < -0.4 is 0 Å². The number of carbonyl (C=O) groups is 2. The molecule has 7 nitrogen and oxygen atoms in total. The molecule has 2 rings (SSSR count). The molecule has 0 saturated carbocycles. The van der Waals surface area contributed by atoms with Gasteiger partial charge in [0.2, 0.25) is 0 Å². The second-order valence-corrected chi connectivity index (χ2v) is 8.30. The first-order valence-electron chi connectivity index (χ1n) is 7.58. The van der Waals surface area contributed by atoms with Crippen LogP contribution >= 0.6 is 0 Å². The monoisotopic (exact) mass is 355 g/mol. The molecule has 0 unspecified atom stereocenters. The normalized spacial score (nSPS) is 20.4. The van der Waals surface area contributed by atoms with Crippen LogP contribution in [0.25, 0.3) is 0 Å². The van der Waals surface area contributed by atoms with E-state index in [9.17, 15) is 23.1 Å². The van der Waals surface area contributed by atoms with Crippen molar-refractivity contribution in [3.63, 3.8) is 0 Å². The van der Waals surface area contributed by atoms with Crippen LogP contribution in [-0.4, -0.2) is 61.0 Å². The van der Waals surface area contributed by atoms with Crippen LogP contribution in [0.15, 0.2) is 18.2 Å². The number of esters is 1. The van der Waals surface area contributed by atoms with Crippen LogP contribution in [0.2, 0.25) is 0 Å². The molecule has 24 heavy (non-hydrogen) atoms. The van der Waals surface area contributed by atoms with Crippen molar-refractivity contribution in [1.82, 2.24) is 4.90 Å². The van der Waals surface area contributed by atoms with Crippen molar-refractivity contribution < 1.29 is 27.9 Å². The Balaban J connectivity index is 2.03. The van der Waals surface area contributed by atoms with Crippen LogP contribution in [0.3, 0.4) is 0 Å². The lowest BCUT2D eigenvalue weighted by Gasteiger charge is -2.26. The van der Waals surface area contributed by atoms with Crippen molar-refractivity contribution in [3.8, 4) is 5.75 Å². The molecule has 1 N–H and O–H groups in total. The summed E-state index contributed by atoms with van der Waals surface area (Å²) in [4.78, 5) is 25.8. The fraction of sp³-hybridized carbons (Fsp3) is 0.500. The number of phenolic OH excluding ortho intramolecular Hbond substituents is 1. The van der Waals surface area contributed by atoms with Gasteiger partial charge in [0.25, 0.3) is 5.91 Å². The van der Waals surface area contributed by atoms with Gasteiger partial charge in [-0.3, -0.25) is 4.79 Å². The van der Waals surface area contributed by atoms with Gasteiger partial charge >= 0.3 is 5.97 Å². The smallest absolute Gasteiger partial charge is 0.342 e. The fourth-order valence-electron chi connectivity index (χ4n) is 2.64. The zero-order valence-corrected chi connectivity index (χ0v) is 14.7. The second kappa shape index (κ2) is 6.80. The van der Waals surface area contributed by atoms with Crippen LogP contribution in [0.1, 0.15) is 29.3 Å². The third-order valence-electron chi connectivity index (χ3n) is 4.11. The van der Waals surface area contributed by atoms with Gasteiger partial charge in [-0.15, -0.1) is 0 Å². The summed E-state index contributed by atoms with van der Waals surface area (Å²) in [5.41, 5.74) is 0.757. The summed E-state index contributed by atoms with van der Waals surface area (Å²) in [7, 11) is -1.61. The molecule has 0 bridgehead atoms. The number of ether oxygens (including phenoxy) is 1. The lowest BCUT2D eigenvalue weighted by atomic mass is 10.1. The molecule has 132 valence electrons. The van der Waals surface area contributed by atoms with E-state index in [2.05, 4.69) is 0 Å². The molecule has 2 atom stereocenters. The molecule has 1 saturated heterocycles. The second-order valence-electron chi connectivity index (χ2n) is 6.07. The largest absolute Gasteiger partial charge is 0.507 e. The van der Waals surface area contributed by atoms with Gasteiger partial charge in [-0.1, -0.05) is 11.6 Å². The Morgan fingerprint density at radius 1 is 1.38 bits per heavy atom. The summed E-state index contributed by atoms with van der Waals surface area (Å²) < 4.78 is 28.2. The number of likely N-dealkylation sites (N-methyl/N-ethyl adjacent to an activating group) is 1. The first kappa shape index (κ1) is 18.3. The van der Waals surface area contributed by atoms with E-state index in [0.717, 1.165) is 5.56 Å². The number of aromatic hydroxyl groups is 1. The van der Waals surface area contributed by atoms with Gasteiger partial charge in [0, 0.05) is 13.1 Å². The Morgan fingerprint density at radius 3 is 2.62 bits per heavy atom. The Kier molecular flexibility index (Phi) is 5.17. The SMILES string of the molecule is Cc1ccc(O)c(C(=O)O[C@@H](C)C(=O)N(C)[C@@H]2CCS(=O)(=O)C2)c1. The summed E-state index contributed by atoms with van der Waals surface area (Å²) in [5, 5.41) is 9.73. The molecule has 1 heterocycles. The van der Waals surface area contributed by atoms with Crippen molar-refractivity contribution in [2.24, 2.45) is 0 Å². The number of sulfone groups is 1. The number of phenols is 1. The van der Waals surface area contributed by atoms with E-state index in [4.69, 9.17) is 4.74 Å². The number of amides is 1. The van der Waals surface area contributed by atoms with Gasteiger partial charge in [-0.05, 0) is 32.4 Å². The Morgan fingerprint density at radius 2 is 2.04 bits per heavy atom. The van der Waals surface area contributed by atoms with E-state index in [1.165, 1.54) is 31.0 Å². The number of rotatable bonds is 4. The molecular weight excluding hydrogens is 334 g/mol. The van der Waals surface area contributed by atoms with Crippen molar-refractivity contribution >= 4 is 21.7 Å². The molecule has 1 aliphatic rings. The Labute approximate surface area is 141 Å². The van der Waals surface area contributed by atoms with Gasteiger partial charge in [-0.2, -0.15) is 0 Å². The van der Waals surface area contributed by atoms with E-state index in [1.54, 1.807) is 13.0 Å². The summed E-state index contributed by atoms with van der Waals surface area (Å²) >= 11 is 0. The molecule has 0 spiro atoms. The number of benzene rings is 1. The minimum absolute atomic E-state index is 0.0132. The van der Waals surface area contributed by atoms with E-state index < -0.39 is 33.9 Å². The van der Waals surface area contributed by atoms with Crippen molar-refractivity contribution in [2.75, 3.05) is 18.6 Å². The molecule has 0 aromatic heterocycles. The highest BCUT2D eigenvalue weighted by Gasteiger charge is 2.35. The highest BCUT2D eigenvalue weighted by atomic mass is 32.2. The number of carbonyl (C=O) groups excluding carboxylic acids is 2. The average molecular weight is 355 g/mol. The lowest BCUT2D eigenvalue weighted by molar-refractivity contribution is -0.140. The molecule has 1 aliphatic heterocycles. The van der Waals surface area contributed by atoms with Crippen LogP contribution in [0.4, 0.5) is 0 Å². The van der Waals surface area contributed by atoms with E-state index >= 15 is 0 Å². The van der Waals surface area contributed by atoms with Gasteiger partial charge in [0.05, 0.1) is 11.5 Å². The number of hydrogen-bond donors (Lipinski definition) is 1. The summed E-state index contributed by atoms with van der Waals surface area (Å²) in [6.45, 7) is 3.19. The maximum atomic E-state index is 12.4. The fourth-order valence-corrected chi connectivity index (χ4v) is 4.41. The first-order valence-corrected chi connectivity index (χ1v) is 9.40. The minimum Gasteiger partial charge on any atom is -0.507 e. The highest BCUT2D eigenvalue weighted by molar-refractivity contribution is 7.91. The van der Waals surface area contributed by atoms with E-state index in [1.807, 2.05) is 0 Å². The zero-order chi connectivity index (χ0) is 18.1. The van der Waals surface area contributed by atoms with Crippen LogP contribution in [-0.2, 0) is 19.4 Å². The van der Waals surface area contributed by atoms with Crippen LogP contribution in [0.5, 0.6) is 5.75 Å². The van der Waals surface area contributed by atoms with E-state index in [0.29, 0.717) is 6.42 Å². The molecule has 1 aromatic rings. The molecule has 0 aliphatic carbocycles. The Hall–Kier alpha value is -2.09. The van der Waals surface area contributed by atoms with Gasteiger partial charge in [0.15, 0.2) is 15.9 Å². The third kappa shape index (κ3) is 4.05. The molecule has 1 aromatic carbocycles. The van der Waals surface area contributed by atoms with Gasteiger partial charge < -0.3 is 14.7 Å². The quantitative estimate of drug-likeness (QED) is 0.805. The molecule has 1 amide bonds. The van der Waals surface area contributed by atoms with Crippen LogP contribution in [0, 0.1) is 6.92 Å². The molecule has 8 heteroatoms. The maximum Gasteiger partial charge on any atom is 0.342 e. The standard InChI is InChI=1S/C16H21NO6S/c1-10-4-5-14(18)13(8-10)16(20)23-11(2)15(19)17(3)12-6-7-24(21,22)9-12/h4-5,8,11-12,18H,6-7,9H2,1-3H3/t11-,12+/m0/s1. The van der Waals surface area contributed by atoms with Crippen molar-refractivity contribution in [1.29, 1.82) is 0 Å². The predicted molar refractivity (Wildman–Crippen MR) is 87.6 cm³/mol. The molecule has 0 radical (unpaired) electrons. The molecule has 1 fully saturated rings. The summed E-state index contributed by atoms with van der Waals surface area (Å²) in [5.74, 6) is -1.52. The average Bonchev–Trinajstić information content (AvgIpc) is 2.88. The van der Waals surface area contributed by atoms with Crippen molar-refractivity contribution in [3.05, 3.63) is 29.3 Å². The number of hydrogen-bond acceptors (Lipinski definition) is 6. The van der Waals surface area contributed by atoms with E-state index in [-0.39, 0.29) is 22.8 Å². The number of aryl methyl sites for hydroxylation is 1. The first-order chi connectivity index (χ1) is 11.1.